The number of rotatable bonds is 5. The first-order valence-electron chi connectivity index (χ1n) is 8.07. The number of anilines is 3. The third-order valence-corrected chi connectivity index (χ3v) is 3.72. The molecule has 0 unspecified atom stereocenters. The second-order valence-corrected chi connectivity index (χ2v) is 5.64. The van der Waals surface area contributed by atoms with Crippen molar-refractivity contribution in [2.75, 3.05) is 17.7 Å². The molecule has 1 amide bonds. The monoisotopic (exact) mass is 388 g/mol. The Labute approximate surface area is 158 Å². The first-order chi connectivity index (χ1) is 13.4. The molecule has 0 aliphatic heterocycles. The van der Waals surface area contributed by atoms with Crippen LogP contribution in [-0.4, -0.2) is 23.0 Å². The molecule has 0 aliphatic carbocycles. The lowest BCUT2D eigenvalue weighted by Crippen LogP contribution is -2.14. The zero-order chi connectivity index (χ0) is 20.1. The van der Waals surface area contributed by atoms with Crippen molar-refractivity contribution in [2.45, 2.75) is 6.18 Å². The molecule has 144 valence electrons. The van der Waals surface area contributed by atoms with E-state index in [1.807, 2.05) is 12.1 Å². The number of methoxy groups -OCH3 is 1. The van der Waals surface area contributed by atoms with Gasteiger partial charge in [-0.2, -0.15) is 13.2 Å². The quantitative estimate of drug-likeness (QED) is 0.673. The normalized spacial score (nSPS) is 11.0. The molecule has 3 rings (SSSR count). The SMILES string of the molecule is COc1ccccc1Nc1cnc(C(=O)Nc2ccc(C(F)(F)F)cc2)cn1. The molecule has 0 bridgehead atoms. The maximum absolute atomic E-state index is 12.6. The summed E-state index contributed by atoms with van der Waals surface area (Å²) in [4.78, 5) is 20.3. The number of ether oxygens (including phenoxy) is 1. The van der Waals surface area contributed by atoms with Gasteiger partial charge in [-0.15, -0.1) is 0 Å². The Kier molecular flexibility index (Phi) is 5.44. The summed E-state index contributed by atoms with van der Waals surface area (Å²) in [5.41, 5.74) is 0.125. The van der Waals surface area contributed by atoms with Crippen LogP contribution in [0.1, 0.15) is 16.1 Å². The maximum atomic E-state index is 12.6. The van der Waals surface area contributed by atoms with Gasteiger partial charge in [0.05, 0.1) is 30.8 Å². The van der Waals surface area contributed by atoms with Crippen LogP contribution in [0.4, 0.5) is 30.4 Å². The zero-order valence-corrected chi connectivity index (χ0v) is 14.6. The highest BCUT2D eigenvalue weighted by atomic mass is 19.4. The molecule has 3 aromatic rings. The number of amides is 1. The number of nitrogens with one attached hydrogen (secondary N) is 2. The molecule has 9 heteroatoms. The van der Waals surface area contributed by atoms with Gasteiger partial charge in [0.15, 0.2) is 0 Å². The van der Waals surface area contributed by atoms with E-state index in [2.05, 4.69) is 20.6 Å². The predicted molar refractivity (Wildman–Crippen MR) is 97.7 cm³/mol. The molecule has 0 saturated heterocycles. The van der Waals surface area contributed by atoms with E-state index in [9.17, 15) is 18.0 Å². The van der Waals surface area contributed by atoms with Gasteiger partial charge in [0.2, 0.25) is 0 Å². The summed E-state index contributed by atoms with van der Waals surface area (Å²) in [7, 11) is 1.54. The molecule has 0 aliphatic rings. The number of nitrogens with zero attached hydrogens (tertiary/aromatic N) is 2. The molecule has 0 saturated carbocycles. The number of aromatic nitrogens is 2. The van der Waals surface area contributed by atoms with Crippen LogP contribution in [-0.2, 0) is 6.18 Å². The average Bonchev–Trinajstić information content (AvgIpc) is 2.68. The van der Waals surface area contributed by atoms with Gasteiger partial charge < -0.3 is 15.4 Å². The fraction of sp³-hybridized carbons (Fsp3) is 0.105. The molecule has 6 nitrogen and oxygen atoms in total. The van der Waals surface area contributed by atoms with E-state index in [-0.39, 0.29) is 11.4 Å². The van der Waals surface area contributed by atoms with E-state index < -0.39 is 17.6 Å². The molecule has 0 fully saturated rings. The van der Waals surface area contributed by atoms with Crippen molar-refractivity contribution in [1.29, 1.82) is 0 Å². The van der Waals surface area contributed by atoms with Gasteiger partial charge >= 0.3 is 6.18 Å². The molecule has 2 aromatic carbocycles. The van der Waals surface area contributed by atoms with E-state index in [4.69, 9.17) is 4.74 Å². The van der Waals surface area contributed by atoms with Crippen molar-refractivity contribution < 1.29 is 22.7 Å². The smallest absolute Gasteiger partial charge is 0.416 e. The molecule has 1 heterocycles. The topological polar surface area (TPSA) is 76.1 Å². The van der Waals surface area contributed by atoms with E-state index >= 15 is 0 Å². The Morgan fingerprint density at radius 3 is 2.32 bits per heavy atom. The highest BCUT2D eigenvalue weighted by Gasteiger charge is 2.30. The lowest BCUT2D eigenvalue weighted by molar-refractivity contribution is -0.137. The largest absolute Gasteiger partial charge is 0.495 e. The molecule has 0 spiro atoms. The Morgan fingerprint density at radius 1 is 1.00 bits per heavy atom. The van der Waals surface area contributed by atoms with E-state index in [0.29, 0.717) is 17.3 Å². The van der Waals surface area contributed by atoms with Gasteiger partial charge in [-0.1, -0.05) is 12.1 Å². The minimum atomic E-state index is -4.43. The van der Waals surface area contributed by atoms with Crippen molar-refractivity contribution >= 4 is 23.1 Å². The van der Waals surface area contributed by atoms with Crippen LogP contribution in [0, 0.1) is 0 Å². The second kappa shape index (κ2) is 7.95. The summed E-state index contributed by atoms with van der Waals surface area (Å²) in [5, 5.41) is 5.50. The number of benzene rings is 2. The van der Waals surface area contributed by atoms with Crippen molar-refractivity contribution in [3.8, 4) is 5.75 Å². The summed E-state index contributed by atoms with van der Waals surface area (Å²) < 4.78 is 42.9. The lowest BCUT2D eigenvalue weighted by atomic mass is 10.2. The van der Waals surface area contributed by atoms with Gasteiger partial charge in [-0.05, 0) is 36.4 Å². The first-order valence-corrected chi connectivity index (χ1v) is 8.07. The Bertz CT molecular complexity index is 958. The Balaban J connectivity index is 1.67. The van der Waals surface area contributed by atoms with Crippen LogP contribution in [0.25, 0.3) is 0 Å². The van der Waals surface area contributed by atoms with Crippen molar-refractivity contribution in [3.63, 3.8) is 0 Å². The Hall–Kier alpha value is -3.62. The number of hydrogen-bond acceptors (Lipinski definition) is 5. The molecule has 1 aromatic heterocycles. The van der Waals surface area contributed by atoms with Crippen LogP contribution in [0.2, 0.25) is 0 Å². The highest BCUT2D eigenvalue weighted by Crippen LogP contribution is 2.30. The summed E-state index contributed by atoms with van der Waals surface area (Å²) >= 11 is 0. The number of carbonyl (C=O) groups is 1. The third kappa shape index (κ3) is 4.56. The molecule has 2 N–H and O–H groups in total. The summed E-state index contributed by atoms with van der Waals surface area (Å²) in [6, 6.07) is 11.3. The average molecular weight is 388 g/mol. The number of alkyl halides is 3. The number of carbonyl (C=O) groups excluding carboxylic acids is 1. The van der Waals surface area contributed by atoms with E-state index in [1.54, 1.807) is 19.2 Å². The molecular weight excluding hydrogens is 373 g/mol. The van der Waals surface area contributed by atoms with E-state index in [0.717, 1.165) is 12.1 Å². The van der Waals surface area contributed by atoms with Gasteiger partial charge in [0, 0.05) is 5.69 Å². The van der Waals surface area contributed by atoms with Crippen molar-refractivity contribution in [2.24, 2.45) is 0 Å². The molecule has 0 radical (unpaired) electrons. The summed E-state index contributed by atoms with van der Waals surface area (Å²) in [6.07, 6.45) is -1.80. The first kappa shape index (κ1) is 19.2. The van der Waals surface area contributed by atoms with Crippen LogP contribution in [0.15, 0.2) is 60.9 Å². The highest BCUT2D eigenvalue weighted by molar-refractivity contribution is 6.02. The minimum Gasteiger partial charge on any atom is -0.495 e. The van der Waals surface area contributed by atoms with Crippen LogP contribution >= 0.6 is 0 Å². The fourth-order valence-corrected chi connectivity index (χ4v) is 2.33. The van der Waals surface area contributed by atoms with Gasteiger partial charge in [-0.25, -0.2) is 9.97 Å². The van der Waals surface area contributed by atoms with Crippen molar-refractivity contribution in [3.05, 3.63) is 72.2 Å². The summed E-state index contributed by atoms with van der Waals surface area (Å²) in [5.74, 6) is 0.431. The standard InChI is InChI=1S/C19H15F3N4O2/c1-28-16-5-3-2-4-14(16)26-17-11-23-15(10-24-17)18(27)25-13-8-6-12(7-9-13)19(20,21)22/h2-11H,1H3,(H,24,26)(H,25,27). The minimum absolute atomic E-state index is 0.0190. The van der Waals surface area contributed by atoms with Crippen molar-refractivity contribution in [1.82, 2.24) is 9.97 Å². The number of para-hydroxylation sites is 2. The molecular formula is C19H15F3N4O2. The summed E-state index contributed by atoms with van der Waals surface area (Å²) in [6.45, 7) is 0. The maximum Gasteiger partial charge on any atom is 0.416 e. The zero-order valence-electron chi connectivity index (χ0n) is 14.6. The Morgan fingerprint density at radius 2 is 1.71 bits per heavy atom. The van der Waals surface area contributed by atoms with E-state index in [1.165, 1.54) is 24.5 Å². The van der Waals surface area contributed by atoms with Gasteiger partial charge in [-0.3, -0.25) is 4.79 Å². The lowest BCUT2D eigenvalue weighted by Gasteiger charge is -2.10. The molecule has 28 heavy (non-hydrogen) atoms. The third-order valence-electron chi connectivity index (χ3n) is 3.72. The number of hydrogen-bond donors (Lipinski definition) is 2. The van der Waals surface area contributed by atoms with Crippen LogP contribution in [0.5, 0.6) is 5.75 Å². The van der Waals surface area contributed by atoms with Gasteiger partial charge in [0.25, 0.3) is 5.91 Å². The van der Waals surface area contributed by atoms with Gasteiger partial charge in [0.1, 0.15) is 17.3 Å². The van der Waals surface area contributed by atoms with Crippen LogP contribution < -0.4 is 15.4 Å². The predicted octanol–water partition coefficient (Wildman–Crippen LogP) is 4.50. The second-order valence-electron chi connectivity index (χ2n) is 5.64. The molecule has 0 atom stereocenters. The van der Waals surface area contributed by atoms with Crippen LogP contribution in [0.3, 0.4) is 0 Å². The number of halogens is 3. The fourth-order valence-electron chi connectivity index (χ4n) is 2.33.